The number of carbonyl (C=O) groups is 2. The van der Waals surface area contributed by atoms with E-state index in [1.165, 1.54) is 13.1 Å². The summed E-state index contributed by atoms with van der Waals surface area (Å²) >= 11 is 0. The van der Waals surface area contributed by atoms with Gasteiger partial charge >= 0.3 is 0 Å². The first kappa shape index (κ1) is 17.2. The molecule has 0 spiro atoms. The fraction of sp³-hybridized carbons (Fsp3) is 0.0500. The fourth-order valence-corrected chi connectivity index (χ4v) is 2.53. The van der Waals surface area contributed by atoms with E-state index in [2.05, 4.69) is 15.6 Å². The molecule has 0 aliphatic heterocycles. The second kappa shape index (κ2) is 7.48. The normalized spacial score (nSPS) is 10.2. The van der Waals surface area contributed by atoms with Crippen molar-refractivity contribution in [3.8, 4) is 11.1 Å². The number of pyridine rings is 1. The van der Waals surface area contributed by atoms with E-state index in [0.717, 1.165) is 5.56 Å². The van der Waals surface area contributed by atoms with Gasteiger partial charge in [0.15, 0.2) is 0 Å². The van der Waals surface area contributed by atoms with Gasteiger partial charge in [0.25, 0.3) is 11.5 Å². The molecule has 2 amide bonds. The van der Waals surface area contributed by atoms with Crippen LogP contribution in [0, 0.1) is 0 Å². The zero-order chi connectivity index (χ0) is 18.5. The number of amides is 2. The molecule has 26 heavy (non-hydrogen) atoms. The number of aromatic amines is 1. The maximum atomic E-state index is 12.5. The molecule has 0 bridgehead atoms. The van der Waals surface area contributed by atoms with Crippen molar-refractivity contribution < 1.29 is 9.59 Å². The van der Waals surface area contributed by atoms with Crippen LogP contribution in [-0.2, 0) is 4.79 Å². The van der Waals surface area contributed by atoms with Crippen molar-refractivity contribution in [3.05, 3.63) is 82.8 Å². The van der Waals surface area contributed by atoms with Crippen molar-refractivity contribution in [3.63, 3.8) is 0 Å². The summed E-state index contributed by atoms with van der Waals surface area (Å²) in [6, 6.07) is 17.5. The Balaban J connectivity index is 1.85. The third kappa shape index (κ3) is 4.05. The number of hydrogen-bond acceptors (Lipinski definition) is 3. The van der Waals surface area contributed by atoms with Gasteiger partial charge in [0, 0.05) is 30.1 Å². The highest BCUT2D eigenvalue weighted by atomic mass is 16.2. The van der Waals surface area contributed by atoms with Gasteiger partial charge < -0.3 is 15.6 Å². The van der Waals surface area contributed by atoms with E-state index < -0.39 is 0 Å². The van der Waals surface area contributed by atoms with Crippen LogP contribution >= 0.6 is 0 Å². The average molecular weight is 347 g/mol. The summed E-state index contributed by atoms with van der Waals surface area (Å²) in [4.78, 5) is 38.3. The molecule has 1 heterocycles. The molecular weight excluding hydrogens is 330 g/mol. The van der Waals surface area contributed by atoms with Crippen LogP contribution in [0.25, 0.3) is 11.1 Å². The van der Waals surface area contributed by atoms with E-state index in [0.29, 0.717) is 22.5 Å². The molecule has 0 radical (unpaired) electrons. The van der Waals surface area contributed by atoms with Gasteiger partial charge in [0.2, 0.25) is 5.91 Å². The second-order valence-corrected chi connectivity index (χ2v) is 5.71. The molecule has 0 aliphatic carbocycles. The maximum Gasteiger partial charge on any atom is 0.257 e. The second-order valence-electron chi connectivity index (χ2n) is 5.71. The third-order valence-corrected chi connectivity index (χ3v) is 3.69. The van der Waals surface area contributed by atoms with Crippen LogP contribution < -0.4 is 16.2 Å². The number of H-pyrrole nitrogens is 1. The summed E-state index contributed by atoms with van der Waals surface area (Å²) in [6.45, 7) is 1.41. The first-order valence-corrected chi connectivity index (χ1v) is 8.00. The number of rotatable bonds is 4. The third-order valence-electron chi connectivity index (χ3n) is 3.69. The minimum absolute atomic E-state index is 0.193. The number of anilines is 2. The van der Waals surface area contributed by atoms with Crippen LogP contribution in [0.15, 0.2) is 71.7 Å². The van der Waals surface area contributed by atoms with Crippen molar-refractivity contribution in [2.75, 3.05) is 10.6 Å². The highest BCUT2D eigenvalue weighted by Gasteiger charge is 2.11. The van der Waals surface area contributed by atoms with E-state index in [4.69, 9.17) is 0 Å². The minimum atomic E-state index is -0.363. The van der Waals surface area contributed by atoms with Gasteiger partial charge in [-0.25, -0.2) is 0 Å². The molecule has 130 valence electrons. The van der Waals surface area contributed by atoms with Crippen LogP contribution in [0.2, 0.25) is 0 Å². The number of aromatic nitrogens is 1. The molecule has 0 aliphatic rings. The van der Waals surface area contributed by atoms with Gasteiger partial charge in [-0.05, 0) is 29.8 Å². The predicted molar refractivity (Wildman–Crippen MR) is 101 cm³/mol. The molecule has 3 rings (SSSR count). The Morgan fingerprint density at radius 1 is 0.885 bits per heavy atom. The van der Waals surface area contributed by atoms with Crippen molar-refractivity contribution in [1.29, 1.82) is 0 Å². The molecule has 0 saturated carbocycles. The summed E-state index contributed by atoms with van der Waals surface area (Å²) in [5.41, 5.74) is 2.34. The van der Waals surface area contributed by atoms with E-state index in [1.54, 1.807) is 30.3 Å². The quantitative estimate of drug-likeness (QED) is 0.676. The fourth-order valence-electron chi connectivity index (χ4n) is 2.53. The molecule has 6 heteroatoms. The van der Waals surface area contributed by atoms with Crippen molar-refractivity contribution in [2.45, 2.75) is 6.92 Å². The Kier molecular flexibility index (Phi) is 4.94. The number of carbonyl (C=O) groups excluding carboxylic acids is 2. The molecule has 0 fully saturated rings. The summed E-state index contributed by atoms with van der Waals surface area (Å²) < 4.78 is 0. The van der Waals surface area contributed by atoms with E-state index in [-0.39, 0.29) is 17.4 Å². The average Bonchev–Trinajstić information content (AvgIpc) is 2.62. The molecule has 6 nitrogen and oxygen atoms in total. The Morgan fingerprint density at radius 3 is 2.27 bits per heavy atom. The van der Waals surface area contributed by atoms with Crippen molar-refractivity contribution in [2.24, 2.45) is 0 Å². The van der Waals surface area contributed by atoms with Gasteiger partial charge in [-0.1, -0.05) is 36.4 Å². The van der Waals surface area contributed by atoms with E-state index in [9.17, 15) is 14.4 Å². The van der Waals surface area contributed by atoms with E-state index in [1.807, 2.05) is 30.3 Å². The lowest BCUT2D eigenvalue weighted by atomic mass is 10.1. The molecule has 0 atom stereocenters. The topological polar surface area (TPSA) is 91.1 Å². The smallest absolute Gasteiger partial charge is 0.257 e. The highest BCUT2D eigenvalue weighted by molar-refractivity contribution is 6.05. The number of nitrogens with one attached hydrogen (secondary N) is 3. The molecule has 1 aromatic heterocycles. The summed E-state index contributed by atoms with van der Waals surface area (Å²) in [7, 11) is 0. The lowest BCUT2D eigenvalue weighted by Crippen LogP contribution is -2.16. The lowest BCUT2D eigenvalue weighted by molar-refractivity contribution is -0.114. The van der Waals surface area contributed by atoms with Crippen molar-refractivity contribution in [1.82, 2.24) is 4.98 Å². The lowest BCUT2D eigenvalue weighted by Gasteiger charge is -2.09. The first-order valence-electron chi connectivity index (χ1n) is 8.00. The zero-order valence-electron chi connectivity index (χ0n) is 14.1. The van der Waals surface area contributed by atoms with Gasteiger partial charge in [0.1, 0.15) is 0 Å². The zero-order valence-corrected chi connectivity index (χ0v) is 14.1. The molecule has 0 unspecified atom stereocenters. The molecule has 0 saturated heterocycles. The van der Waals surface area contributed by atoms with Crippen molar-refractivity contribution >= 4 is 23.2 Å². The highest BCUT2D eigenvalue weighted by Crippen LogP contribution is 2.18. The molecule has 3 aromatic rings. The summed E-state index contributed by atoms with van der Waals surface area (Å²) in [5.74, 6) is -0.556. The summed E-state index contributed by atoms with van der Waals surface area (Å²) in [6.07, 6.45) is 1.38. The first-order chi connectivity index (χ1) is 12.5. The maximum absolute atomic E-state index is 12.5. The SMILES string of the molecule is CC(=O)Nc1cccc(NC(=O)c2c[nH]c(=O)c(-c3ccccc3)c2)c1. The number of benzene rings is 2. The van der Waals surface area contributed by atoms with Gasteiger partial charge in [0.05, 0.1) is 5.56 Å². The number of hydrogen-bond donors (Lipinski definition) is 3. The molecular formula is C20H17N3O3. The van der Waals surface area contributed by atoms with Crippen LogP contribution in [0.3, 0.4) is 0 Å². The Labute approximate surface area is 149 Å². The standard InChI is InChI=1S/C20H17N3O3/c1-13(24)22-16-8-5-9-17(11-16)23-19(25)15-10-18(20(26)21-12-15)14-6-3-2-4-7-14/h2-12H,1H3,(H,21,26)(H,22,24)(H,23,25). The van der Waals surface area contributed by atoms with Crippen LogP contribution in [0.4, 0.5) is 11.4 Å². The van der Waals surface area contributed by atoms with Gasteiger partial charge in [-0.15, -0.1) is 0 Å². The molecule has 2 aromatic carbocycles. The Bertz CT molecular complexity index is 1010. The van der Waals surface area contributed by atoms with Crippen LogP contribution in [0.1, 0.15) is 17.3 Å². The monoisotopic (exact) mass is 347 g/mol. The van der Waals surface area contributed by atoms with Crippen LogP contribution in [-0.4, -0.2) is 16.8 Å². The molecule has 3 N–H and O–H groups in total. The Morgan fingerprint density at radius 2 is 1.58 bits per heavy atom. The minimum Gasteiger partial charge on any atom is -0.328 e. The van der Waals surface area contributed by atoms with Gasteiger partial charge in [-0.3, -0.25) is 14.4 Å². The van der Waals surface area contributed by atoms with Crippen LogP contribution in [0.5, 0.6) is 0 Å². The van der Waals surface area contributed by atoms with Gasteiger partial charge in [-0.2, -0.15) is 0 Å². The largest absolute Gasteiger partial charge is 0.328 e. The van der Waals surface area contributed by atoms with E-state index >= 15 is 0 Å². The predicted octanol–water partition coefficient (Wildman–Crippen LogP) is 3.25. The summed E-state index contributed by atoms with van der Waals surface area (Å²) in [5, 5.41) is 5.42. The Hall–Kier alpha value is -3.67.